The van der Waals surface area contributed by atoms with E-state index >= 15 is 0 Å². The Morgan fingerprint density at radius 2 is 1.93 bits per heavy atom. The van der Waals surface area contributed by atoms with E-state index in [1.54, 1.807) is 26.2 Å². The summed E-state index contributed by atoms with van der Waals surface area (Å²) in [5.74, 6) is 0.472. The molecule has 2 aromatic rings. The molecule has 0 aliphatic carbocycles. The minimum atomic E-state index is -0.200. The molecule has 1 aromatic heterocycles. The van der Waals surface area contributed by atoms with Gasteiger partial charge in [-0.15, -0.1) is 0 Å². The van der Waals surface area contributed by atoms with Gasteiger partial charge in [-0.3, -0.25) is 0 Å². The molecule has 0 aliphatic heterocycles. The molecule has 1 aromatic carbocycles. The molecule has 0 saturated heterocycles. The van der Waals surface area contributed by atoms with E-state index in [0.717, 1.165) is 5.52 Å². The summed E-state index contributed by atoms with van der Waals surface area (Å²) in [6.07, 6.45) is 0. The van der Waals surface area contributed by atoms with Crippen LogP contribution in [0.15, 0.2) is 18.2 Å². The Morgan fingerprint density at radius 1 is 1.27 bits per heavy atom. The van der Waals surface area contributed by atoms with Gasteiger partial charge in [-0.05, 0) is 25.1 Å². The normalized spacial score (nSPS) is 9.67. The van der Waals surface area contributed by atoms with Gasteiger partial charge in [0.1, 0.15) is 5.75 Å². The van der Waals surface area contributed by atoms with Crippen LogP contribution < -0.4 is 4.74 Å². The Labute approximate surface area is 89.1 Å². The molecule has 0 amide bonds. The highest BCUT2D eigenvalue weighted by Crippen LogP contribution is 2.24. The van der Waals surface area contributed by atoms with E-state index in [-0.39, 0.29) is 5.82 Å². The first-order valence-corrected chi connectivity index (χ1v) is 5.04. The number of fused-ring (bicyclic) bond motifs is 1. The number of rotatable bonds is 1. The molecule has 0 unspecified atom stereocenters. The lowest BCUT2D eigenvalue weighted by Gasteiger charge is -1.97. The third-order valence-electron chi connectivity index (χ3n) is 2.11. The van der Waals surface area contributed by atoms with E-state index in [1.165, 1.54) is 0 Å². The second-order valence-electron chi connectivity index (χ2n) is 2.98. The zero-order chi connectivity index (χ0) is 11.4. The monoisotopic (exact) mass is 209 g/mol. The standard InChI is InChI=1S/C10H10FNO.C2H6/c1-6-10(11)8-5-7(13-2)3-4-9(8)12-6;1-2/h3-5,12H,1-2H3;1-2H3. The van der Waals surface area contributed by atoms with Crippen LogP contribution >= 0.6 is 0 Å². The van der Waals surface area contributed by atoms with Crippen LogP contribution in [-0.4, -0.2) is 12.1 Å². The van der Waals surface area contributed by atoms with Crippen molar-refractivity contribution in [2.45, 2.75) is 20.8 Å². The molecule has 0 saturated carbocycles. The van der Waals surface area contributed by atoms with Crippen LogP contribution in [0.2, 0.25) is 0 Å². The van der Waals surface area contributed by atoms with Crippen LogP contribution in [0, 0.1) is 12.7 Å². The first kappa shape index (κ1) is 11.6. The third kappa shape index (κ3) is 2.12. The van der Waals surface area contributed by atoms with Crippen molar-refractivity contribution in [2.24, 2.45) is 0 Å². The van der Waals surface area contributed by atoms with Crippen LogP contribution in [-0.2, 0) is 0 Å². The zero-order valence-electron chi connectivity index (χ0n) is 9.52. The van der Waals surface area contributed by atoms with E-state index in [4.69, 9.17) is 4.74 Å². The second kappa shape index (κ2) is 4.82. The summed E-state index contributed by atoms with van der Waals surface area (Å²) in [4.78, 5) is 2.95. The minimum absolute atomic E-state index is 0.200. The number of hydrogen-bond acceptors (Lipinski definition) is 1. The van der Waals surface area contributed by atoms with E-state index in [2.05, 4.69) is 4.98 Å². The predicted molar refractivity (Wildman–Crippen MR) is 60.9 cm³/mol. The van der Waals surface area contributed by atoms with Gasteiger partial charge in [-0.25, -0.2) is 4.39 Å². The summed E-state index contributed by atoms with van der Waals surface area (Å²) >= 11 is 0. The van der Waals surface area contributed by atoms with Crippen LogP contribution in [0.25, 0.3) is 10.9 Å². The molecular formula is C12H16FNO. The van der Waals surface area contributed by atoms with Gasteiger partial charge in [0.2, 0.25) is 0 Å². The molecule has 0 fully saturated rings. The molecule has 0 bridgehead atoms. The van der Waals surface area contributed by atoms with Crippen LogP contribution in [0.1, 0.15) is 19.5 Å². The van der Waals surface area contributed by atoms with Crippen molar-refractivity contribution in [2.75, 3.05) is 7.11 Å². The molecule has 0 spiro atoms. The molecule has 2 nitrogen and oxygen atoms in total. The van der Waals surface area contributed by atoms with Gasteiger partial charge in [-0.2, -0.15) is 0 Å². The lowest BCUT2D eigenvalue weighted by molar-refractivity contribution is 0.415. The van der Waals surface area contributed by atoms with Crippen molar-refractivity contribution in [1.29, 1.82) is 0 Å². The smallest absolute Gasteiger partial charge is 0.151 e. The number of aromatic nitrogens is 1. The Kier molecular flexibility index (Phi) is 3.72. The number of aromatic amines is 1. The van der Waals surface area contributed by atoms with E-state index in [0.29, 0.717) is 16.8 Å². The number of H-pyrrole nitrogens is 1. The highest BCUT2D eigenvalue weighted by molar-refractivity contribution is 5.82. The van der Waals surface area contributed by atoms with Crippen molar-refractivity contribution in [1.82, 2.24) is 4.98 Å². The van der Waals surface area contributed by atoms with Gasteiger partial charge in [0.25, 0.3) is 0 Å². The molecule has 3 heteroatoms. The molecule has 2 rings (SSSR count). The number of hydrogen-bond donors (Lipinski definition) is 1. The summed E-state index contributed by atoms with van der Waals surface area (Å²) in [6.45, 7) is 5.71. The number of ether oxygens (including phenoxy) is 1. The summed E-state index contributed by atoms with van der Waals surface area (Å²) in [7, 11) is 1.57. The Bertz CT molecular complexity index is 448. The maximum Gasteiger partial charge on any atom is 0.151 e. The Hall–Kier alpha value is -1.51. The second-order valence-corrected chi connectivity index (χ2v) is 2.98. The van der Waals surface area contributed by atoms with Crippen molar-refractivity contribution in [3.8, 4) is 5.75 Å². The van der Waals surface area contributed by atoms with Gasteiger partial charge >= 0.3 is 0 Å². The predicted octanol–water partition coefficient (Wildman–Crippen LogP) is 3.65. The fraction of sp³-hybridized carbons (Fsp3) is 0.333. The topological polar surface area (TPSA) is 25.0 Å². The molecule has 1 N–H and O–H groups in total. The average molecular weight is 209 g/mol. The molecule has 15 heavy (non-hydrogen) atoms. The van der Waals surface area contributed by atoms with Crippen molar-refractivity contribution in [3.05, 3.63) is 29.7 Å². The number of aryl methyl sites for hydroxylation is 1. The van der Waals surface area contributed by atoms with Gasteiger partial charge in [-0.1, -0.05) is 13.8 Å². The Balaban J connectivity index is 0.000000531. The fourth-order valence-electron chi connectivity index (χ4n) is 1.40. The van der Waals surface area contributed by atoms with Crippen LogP contribution in [0.3, 0.4) is 0 Å². The molecule has 1 heterocycles. The van der Waals surface area contributed by atoms with E-state index in [9.17, 15) is 4.39 Å². The highest BCUT2D eigenvalue weighted by atomic mass is 19.1. The zero-order valence-corrected chi connectivity index (χ0v) is 9.52. The number of nitrogens with one attached hydrogen (secondary N) is 1. The molecule has 0 aliphatic rings. The maximum atomic E-state index is 13.4. The minimum Gasteiger partial charge on any atom is -0.497 e. The first-order valence-electron chi connectivity index (χ1n) is 5.04. The summed E-state index contributed by atoms with van der Waals surface area (Å²) in [6, 6.07) is 5.30. The van der Waals surface area contributed by atoms with Gasteiger partial charge in [0.15, 0.2) is 5.82 Å². The largest absolute Gasteiger partial charge is 0.497 e. The SMILES string of the molecule is CC.COc1ccc2[nH]c(C)c(F)c2c1. The molecule has 0 atom stereocenters. The number of halogens is 1. The molecule has 0 radical (unpaired) electrons. The number of benzene rings is 1. The molecule has 82 valence electrons. The van der Waals surface area contributed by atoms with Gasteiger partial charge in [0.05, 0.1) is 7.11 Å². The first-order chi connectivity index (χ1) is 7.22. The van der Waals surface area contributed by atoms with Crippen LogP contribution in [0.4, 0.5) is 4.39 Å². The summed E-state index contributed by atoms with van der Waals surface area (Å²) in [5, 5.41) is 0.580. The lowest BCUT2D eigenvalue weighted by atomic mass is 10.2. The maximum absolute atomic E-state index is 13.4. The van der Waals surface area contributed by atoms with Crippen molar-refractivity contribution < 1.29 is 9.13 Å². The van der Waals surface area contributed by atoms with E-state index < -0.39 is 0 Å². The van der Waals surface area contributed by atoms with Crippen molar-refractivity contribution in [3.63, 3.8) is 0 Å². The van der Waals surface area contributed by atoms with Crippen LogP contribution in [0.5, 0.6) is 5.75 Å². The van der Waals surface area contributed by atoms with E-state index in [1.807, 2.05) is 19.9 Å². The van der Waals surface area contributed by atoms with Crippen molar-refractivity contribution >= 4 is 10.9 Å². The summed E-state index contributed by atoms with van der Waals surface area (Å²) in [5.41, 5.74) is 1.36. The Morgan fingerprint density at radius 3 is 2.53 bits per heavy atom. The number of methoxy groups -OCH3 is 1. The highest BCUT2D eigenvalue weighted by Gasteiger charge is 2.07. The quantitative estimate of drug-likeness (QED) is 0.761. The fourth-order valence-corrected chi connectivity index (χ4v) is 1.40. The average Bonchev–Trinajstić information content (AvgIpc) is 2.57. The lowest BCUT2D eigenvalue weighted by Crippen LogP contribution is -1.81. The third-order valence-corrected chi connectivity index (χ3v) is 2.11. The molecular weight excluding hydrogens is 193 g/mol. The van der Waals surface area contributed by atoms with Gasteiger partial charge < -0.3 is 9.72 Å². The van der Waals surface area contributed by atoms with Gasteiger partial charge in [0, 0.05) is 16.6 Å². The summed E-state index contributed by atoms with van der Waals surface area (Å²) < 4.78 is 18.4.